The zero-order valence-corrected chi connectivity index (χ0v) is 8.80. The number of nitrogens with two attached hydrogens (primary N) is 1. The summed E-state index contributed by atoms with van der Waals surface area (Å²) >= 11 is 0. The highest BCUT2D eigenvalue weighted by Crippen LogP contribution is 2.17. The summed E-state index contributed by atoms with van der Waals surface area (Å²) in [6, 6.07) is 7.96. The van der Waals surface area contributed by atoms with Crippen molar-refractivity contribution in [2.45, 2.75) is 19.9 Å². The van der Waals surface area contributed by atoms with E-state index in [0.29, 0.717) is 6.61 Å². The molecule has 0 amide bonds. The summed E-state index contributed by atoms with van der Waals surface area (Å²) < 4.78 is 5.34. The van der Waals surface area contributed by atoms with Gasteiger partial charge in [0.15, 0.2) is 0 Å². The predicted molar refractivity (Wildman–Crippen MR) is 57.5 cm³/mol. The lowest BCUT2D eigenvalue weighted by atomic mass is 10.1. The molecule has 0 bridgehead atoms. The Kier molecular flexibility index (Phi) is 5.51. The van der Waals surface area contributed by atoms with Crippen LogP contribution in [0, 0.1) is 0 Å². The van der Waals surface area contributed by atoms with E-state index >= 15 is 0 Å². The molecule has 2 nitrogen and oxygen atoms in total. The molecule has 3 heteroatoms. The van der Waals surface area contributed by atoms with Crippen molar-refractivity contribution in [1.29, 1.82) is 0 Å². The Morgan fingerprint density at radius 3 is 2.69 bits per heavy atom. The minimum Gasteiger partial charge on any atom is -0.494 e. The molecule has 1 aromatic rings. The van der Waals surface area contributed by atoms with E-state index in [1.807, 2.05) is 38.1 Å². The Balaban J connectivity index is 0.00000144. The van der Waals surface area contributed by atoms with E-state index < -0.39 is 0 Å². The van der Waals surface area contributed by atoms with Crippen LogP contribution in [0.4, 0.5) is 0 Å². The molecule has 0 aromatic heterocycles. The van der Waals surface area contributed by atoms with Crippen LogP contribution in [0.15, 0.2) is 24.3 Å². The van der Waals surface area contributed by atoms with Crippen molar-refractivity contribution in [3.05, 3.63) is 29.8 Å². The number of rotatable bonds is 3. The lowest BCUT2D eigenvalue weighted by Gasteiger charge is -2.08. The molecule has 13 heavy (non-hydrogen) atoms. The van der Waals surface area contributed by atoms with Crippen LogP contribution >= 0.6 is 12.4 Å². The predicted octanol–water partition coefficient (Wildman–Crippen LogP) is 2.53. The number of hydrogen-bond acceptors (Lipinski definition) is 2. The Hall–Kier alpha value is -0.730. The highest BCUT2D eigenvalue weighted by atomic mass is 35.5. The van der Waals surface area contributed by atoms with Gasteiger partial charge >= 0.3 is 0 Å². The highest BCUT2D eigenvalue weighted by Gasteiger charge is 1.99. The fourth-order valence-corrected chi connectivity index (χ4v) is 1.05. The van der Waals surface area contributed by atoms with Crippen molar-refractivity contribution in [3.63, 3.8) is 0 Å². The van der Waals surface area contributed by atoms with E-state index in [1.54, 1.807) is 0 Å². The largest absolute Gasteiger partial charge is 0.494 e. The molecule has 74 valence electrons. The molecule has 0 unspecified atom stereocenters. The average molecular weight is 202 g/mol. The van der Waals surface area contributed by atoms with Crippen molar-refractivity contribution >= 4 is 12.4 Å². The van der Waals surface area contributed by atoms with Crippen LogP contribution in [-0.4, -0.2) is 6.61 Å². The van der Waals surface area contributed by atoms with Crippen LogP contribution in [-0.2, 0) is 0 Å². The number of halogens is 1. The lowest BCUT2D eigenvalue weighted by molar-refractivity contribution is 0.339. The van der Waals surface area contributed by atoms with Gasteiger partial charge in [-0.2, -0.15) is 0 Å². The summed E-state index contributed by atoms with van der Waals surface area (Å²) in [5.74, 6) is 0.896. The summed E-state index contributed by atoms with van der Waals surface area (Å²) in [7, 11) is 0. The smallest absolute Gasteiger partial charge is 0.119 e. The first-order chi connectivity index (χ1) is 5.74. The number of hydrogen-bond donors (Lipinski definition) is 1. The standard InChI is InChI=1S/C10H15NO.ClH/c1-3-12-10-6-4-5-9(7-10)8(2)11;/h4-8H,3,11H2,1-2H3;1H/t8-;/m1./s1. The van der Waals surface area contributed by atoms with E-state index in [9.17, 15) is 0 Å². The fourth-order valence-electron chi connectivity index (χ4n) is 1.05. The molecular formula is C10H16ClNO. The van der Waals surface area contributed by atoms with Crippen LogP contribution in [0.3, 0.4) is 0 Å². The molecule has 0 saturated carbocycles. The molecule has 0 spiro atoms. The van der Waals surface area contributed by atoms with Gasteiger partial charge in [0, 0.05) is 6.04 Å². The van der Waals surface area contributed by atoms with E-state index in [0.717, 1.165) is 11.3 Å². The molecule has 1 rings (SSSR count). The quantitative estimate of drug-likeness (QED) is 0.816. The third-order valence-electron chi connectivity index (χ3n) is 1.69. The van der Waals surface area contributed by atoms with E-state index in [4.69, 9.17) is 10.5 Å². The Labute approximate surface area is 85.5 Å². The maximum Gasteiger partial charge on any atom is 0.119 e. The maximum absolute atomic E-state index is 5.72. The van der Waals surface area contributed by atoms with Crippen molar-refractivity contribution in [1.82, 2.24) is 0 Å². The normalized spacial score (nSPS) is 11.6. The molecule has 2 N–H and O–H groups in total. The topological polar surface area (TPSA) is 35.2 Å². The molecule has 0 saturated heterocycles. The highest BCUT2D eigenvalue weighted by molar-refractivity contribution is 5.85. The zero-order valence-electron chi connectivity index (χ0n) is 7.99. The zero-order chi connectivity index (χ0) is 8.97. The molecule has 0 aliphatic carbocycles. The molecule has 0 fully saturated rings. The van der Waals surface area contributed by atoms with Gasteiger partial charge in [0.1, 0.15) is 5.75 Å². The van der Waals surface area contributed by atoms with Crippen molar-refractivity contribution in [2.24, 2.45) is 5.73 Å². The SMILES string of the molecule is CCOc1cccc([C@@H](C)N)c1.Cl. The van der Waals surface area contributed by atoms with Gasteiger partial charge in [-0.1, -0.05) is 12.1 Å². The first-order valence-corrected chi connectivity index (χ1v) is 4.22. The molecule has 1 atom stereocenters. The Bertz CT molecular complexity index is 250. The van der Waals surface area contributed by atoms with E-state index in [2.05, 4.69) is 0 Å². The van der Waals surface area contributed by atoms with Crippen molar-refractivity contribution in [3.8, 4) is 5.75 Å². The minimum absolute atomic E-state index is 0. The van der Waals surface area contributed by atoms with Gasteiger partial charge in [-0.3, -0.25) is 0 Å². The van der Waals surface area contributed by atoms with Crippen LogP contribution in [0.1, 0.15) is 25.5 Å². The Morgan fingerprint density at radius 2 is 2.15 bits per heavy atom. The fraction of sp³-hybridized carbons (Fsp3) is 0.400. The monoisotopic (exact) mass is 201 g/mol. The molecular weight excluding hydrogens is 186 g/mol. The first-order valence-electron chi connectivity index (χ1n) is 4.22. The van der Waals surface area contributed by atoms with Crippen molar-refractivity contribution < 1.29 is 4.74 Å². The van der Waals surface area contributed by atoms with Gasteiger partial charge in [0.05, 0.1) is 6.61 Å². The number of ether oxygens (including phenoxy) is 1. The van der Waals surface area contributed by atoms with Gasteiger partial charge in [0.2, 0.25) is 0 Å². The second-order valence-electron chi connectivity index (χ2n) is 2.79. The Morgan fingerprint density at radius 1 is 1.46 bits per heavy atom. The summed E-state index contributed by atoms with van der Waals surface area (Å²) in [5, 5.41) is 0. The minimum atomic E-state index is 0. The molecule has 0 aliphatic heterocycles. The van der Waals surface area contributed by atoms with E-state index in [-0.39, 0.29) is 18.4 Å². The second kappa shape index (κ2) is 5.84. The van der Waals surface area contributed by atoms with Gasteiger partial charge in [-0.15, -0.1) is 12.4 Å². The van der Waals surface area contributed by atoms with Crippen LogP contribution < -0.4 is 10.5 Å². The van der Waals surface area contributed by atoms with Crippen LogP contribution in [0.5, 0.6) is 5.75 Å². The van der Waals surface area contributed by atoms with Gasteiger partial charge in [0.25, 0.3) is 0 Å². The van der Waals surface area contributed by atoms with Crippen LogP contribution in [0.2, 0.25) is 0 Å². The molecule has 1 aromatic carbocycles. The molecule has 0 radical (unpaired) electrons. The summed E-state index contributed by atoms with van der Waals surface area (Å²) in [6.45, 7) is 4.63. The third kappa shape index (κ3) is 3.66. The van der Waals surface area contributed by atoms with E-state index in [1.165, 1.54) is 0 Å². The number of benzene rings is 1. The summed E-state index contributed by atoms with van der Waals surface area (Å²) in [5.41, 5.74) is 6.84. The average Bonchev–Trinajstić information content (AvgIpc) is 2.05. The second-order valence-corrected chi connectivity index (χ2v) is 2.79. The molecule has 0 heterocycles. The van der Waals surface area contributed by atoms with Gasteiger partial charge < -0.3 is 10.5 Å². The van der Waals surface area contributed by atoms with Gasteiger partial charge in [-0.05, 0) is 31.5 Å². The van der Waals surface area contributed by atoms with Crippen LogP contribution in [0.25, 0.3) is 0 Å². The maximum atomic E-state index is 5.72. The van der Waals surface area contributed by atoms with Crippen molar-refractivity contribution in [2.75, 3.05) is 6.61 Å². The third-order valence-corrected chi connectivity index (χ3v) is 1.69. The van der Waals surface area contributed by atoms with Gasteiger partial charge in [-0.25, -0.2) is 0 Å². The molecule has 0 aliphatic rings. The lowest BCUT2D eigenvalue weighted by Crippen LogP contribution is -2.04. The summed E-state index contributed by atoms with van der Waals surface area (Å²) in [4.78, 5) is 0. The first kappa shape index (κ1) is 12.3. The summed E-state index contributed by atoms with van der Waals surface area (Å²) in [6.07, 6.45) is 0.